The SMILES string of the molecule is [OH-].[OH-].c1cc2c([n+](CCCC[n+]3cccc4c3CCC4)c1)CCC2. The highest BCUT2D eigenvalue weighted by Crippen LogP contribution is 2.18. The van der Waals surface area contributed by atoms with Gasteiger partial charge in [0, 0.05) is 48.9 Å². The van der Waals surface area contributed by atoms with Crippen LogP contribution in [0.1, 0.15) is 48.2 Å². The molecule has 2 aliphatic carbocycles. The van der Waals surface area contributed by atoms with Crippen LogP contribution in [0.5, 0.6) is 0 Å². The highest BCUT2D eigenvalue weighted by Gasteiger charge is 2.22. The predicted molar refractivity (Wildman–Crippen MR) is 90.4 cm³/mol. The number of nitrogens with zero attached hydrogens (tertiary/aromatic N) is 2. The van der Waals surface area contributed by atoms with E-state index >= 15 is 0 Å². The highest BCUT2D eigenvalue weighted by atomic mass is 16.0. The van der Waals surface area contributed by atoms with E-state index in [1.807, 2.05) is 0 Å². The quantitative estimate of drug-likeness (QED) is 0.624. The van der Waals surface area contributed by atoms with E-state index in [9.17, 15) is 0 Å². The lowest BCUT2D eigenvalue weighted by atomic mass is 10.2. The summed E-state index contributed by atoms with van der Waals surface area (Å²) >= 11 is 0. The van der Waals surface area contributed by atoms with Crippen molar-refractivity contribution < 1.29 is 20.1 Å². The van der Waals surface area contributed by atoms with Crippen LogP contribution in [0.25, 0.3) is 0 Å². The Morgan fingerprint density at radius 2 is 1.12 bits per heavy atom. The van der Waals surface area contributed by atoms with Gasteiger partial charge in [0.15, 0.2) is 23.8 Å². The summed E-state index contributed by atoms with van der Waals surface area (Å²) in [5.74, 6) is 0. The Labute approximate surface area is 144 Å². The second kappa shape index (κ2) is 8.36. The zero-order valence-corrected chi connectivity index (χ0v) is 14.3. The van der Waals surface area contributed by atoms with Gasteiger partial charge in [-0.1, -0.05) is 0 Å². The van der Waals surface area contributed by atoms with Crippen LogP contribution in [0.15, 0.2) is 36.7 Å². The molecule has 4 nitrogen and oxygen atoms in total. The van der Waals surface area contributed by atoms with E-state index in [-0.39, 0.29) is 11.0 Å². The van der Waals surface area contributed by atoms with Gasteiger partial charge in [0.05, 0.1) is 0 Å². The van der Waals surface area contributed by atoms with E-state index in [0.29, 0.717) is 0 Å². The Balaban J connectivity index is 0.00000104. The molecule has 24 heavy (non-hydrogen) atoms. The van der Waals surface area contributed by atoms with Gasteiger partial charge in [-0.15, -0.1) is 0 Å². The first-order valence-electron chi connectivity index (χ1n) is 8.92. The highest BCUT2D eigenvalue weighted by molar-refractivity contribution is 5.20. The zero-order valence-electron chi connectivity index (χ0n) is 14.3. The number of aryl methyl sites for hydroxylation is 4. The molecule has 4 heteroatoms. The molecule has 2 aliphatic rings. The molecule has 0 bridgehead atoms. The molecule has 0 saturated heterocycles. The molecule has 0 aromatic carbocycles. The summed E-state index contributed by atoms with van der Waals surface area (Å²) in [5, 5.41) is 0. The molecule has 0 amide bonds. The molecule has 0 spiro atoms. The van der Waals surface area contributed by atoms with Gasteiger partial charge in [-0.05, 0) is 37.8 Å². The molecule has 4 rings (SSSR count). The van der Waals surface area contributed by atoms with Gasteiger partial charge >= 0.3 is 0 Å². The van der Waals surface area contributed by atoms with Crippen molar-refractivity contribution in [2.24, 2.45) is 0 Å². The van der Waals surface area contributed by atoms with Crippen molar-refractivity contribution in [1.82, 2.24) is 0 Å². The zero-order chi connectivity index (χ0) is 14.8. The Morgan fingerprint density at radius 1 is 0.667 bits per heavy atom. The molecule has 0 aliphatic heterocycles. The van der Waals surface area contributed by atoms with Crippen molar-refractivity contribution in [2.45, 2.75) is 64.5 Å². The van der Waals surface area contributed by atoms with Gasteiger partial charge in [0.2, 0.25) is 0 Å². The third-order valence-corrected chi connectivity index (χ3v) is 5.33. The summed E-state index contributed by atoms with van der Waals surface area (Å²) in [7, 11) is 0. The lowest BCUT2D eigenvalue weighted by molar-refractivity contribution is -0.714. The van der Waals surface area contributed by atoms with Crippen LogP contribution < -0.4 is 9.13 Å². The average Bonchev–Trinajstić information content (AvgIpc) is 3.20. The summed E-state index contributed by atoms with van der Waals surface area (Å²) in [6.45, 7) is 2.36. The molecule has 2 N–H and O–H groups in total. The van der Waals surface area contributed by atoms with Crippen molar-refractivity contribution in [1.29, 1.82) is 0 Å². The molecule has 0 saturated carbocycles. The van der Waals surface area contributed by atoms with Crippen LogP contribution in [-0.4, -0.2) is 11.0 Å². The average molecular weight is 328 g/mol. The molecule has 0 atom stereocenters. The van der Waals surface area contributed by atoms with Crippen LogP contribution in [-0.2, 0) is 38.8 Å². The predicted octanol–water partition coefficient (Wildman–Crippen LogP) is 2.37. The van der Waals surface area contributed by atoms with E-state index in [1.54, 1.807) is 22.5 Å². The summed E-state index contributed by atoms with van der Waals surface area (Å²) in [6.07, 6.45) is 14.9. The van der Waals surface area contributed by atoms with Crippen molar-refractivity contribution in [3.63, 3.8) is 0 Å². The topological polar surface area (TPSA) is 67.8 Å². The minimum atomic E-state index is 0. The van der Waals surface area contributed by atoms with Crippen LogP contribution in [0.2, 0.25) is 0 Å². The van der Waals surface area contributed by atoms with Gasteiger partial charge in [-0.2, -0.15) is 0 Å². The van der Waals surface area contributed by atoms with Crippen LogP contribution in [0.4, 0.5) is 0 Å². The number of hydrogen-bond donors (Lipinski definition) is 0. The molecule has 130 valence electrons. The maximum absolute atomic E-state index is 2.50. The third-order valence-electron chi connectivity index (χ3n) is 5.33. The van der Waals surface area contributed by atoms with Crippen molar-refractivity contribution in [3.8, 4) is 0 Å². The second-order valence-electron chi connectivity index (χ2n) is 6.76. The third kappa shape index (κ3) is 3.65. The Kier molecular flexibility index (Phi) is 6.46. The standard InChI is InChI=1S/C20H26N2.2H2O/c1(13-21-15-5-9-17-7-3-11-19(17)21)2-14-22-16-6-10-18-8-4-12-20(18)22;;/h5-6,9-10,15-16H,1-4,7-8,11-14H2;2*1H2/q+2;;/p-2. The summed E-state index contributed by atoms with van der Waals surface area (Å²) in [4.78, 5) is 0. The molecule has 2 heterocycles. The number of hydrogen-bond acceptors (Lipinski definition) is 2. The minimum Gasteiger partial charge on any atom is -0.870 e. The Morgan fingerprint density at radius 3 is 1.58 bits per heavy atom. The maximum Gasteiger partial charge on any atom is 0.184 e. The summed E-state index contributed by atoms with van der Waals surface area (Å²) in [5.41, 5.74) is 6.35. The maximum atomic E-state index is 2.50. The van der Waals surface area contributed by atoms with Crippen LogP contribution in [0.3, 0.4) is 0 Å². The number of rotatable bonds is 5. The lowest BCUT2D eigenvalue weighted by Crippen LogP contribution is -2.40. The van der Waals surface area contributed by atoms with Gasteiger partial charge in [-0.3, -0.25) is 0 Å². The van der Waals surface area contributed by atoms with Crippen LogP contribution in [0, 0.1) is 0 Å². The van der Waals surface area contributed by atoms with Crippen molar-refractivity contribution in [2.75, 3.05) is 0 Å². The molecule has 0 unspecified atom stereocenters. The normalized spacial score (nSPS) is 14.5. The molecule has 0 fully saturated rings. The molecular formula is C20H28N2O2. The molecular weight excluding hydrogens is 300 g/mol. The van der Waals surface area contributed by atoms with Crippen LogP contribution >= 0.6 is 0 Å². The minimum absolute atomic E-state index is 0. The first kappa shape index (κ1) is 18.6. The lowest BCUT2D eigenvalue weighted by Gasteiger charge is -2.04. The van der Waals surface area contributed by atoms with E-state index < -0.39 is 0 Å². The van der Waals surface area contributed by atoms with Crippen molar-refractivity contribution >= 4 is 0 Å². The first-order chi connectivity index (χ1) is 10.9. The van der Waals surface area contributed by atoms with Gasteiger partial charge in [0.1, 0.15) is 13.1 Å². The Bertz CT molecular complexity index is 626. The second-order valence-corrected chi connectivity index (χ2v) is 6.76. The number of fused-ring (bicyclic) bond motifs is 2. The van der Waals surface area contributed by atoms with E-state index in [0.717, 1.165) is 0 Å². The first-order valence-corrected chi connectivity index (χ1v) is 8.92. The smallest absolute Gasteiger partial charge is 0.184 e. The fraction of sp³-hybridized carbons (Fsp3) is 0.500. The number of pyridine rings is 2. The van der Waals surface area contributed by atoms with Gasteiger partial charge in [0.25, 0.3) is 0 Å². The van der Waals surface area contributed by atoms with E-state index in [2.05, 4.69) is 45.8 Å². The monoisotopic (exact) mass is 328 g/mol. The van der Waals surface area contributed by atoms with Crippen molar-refractivity contribution in [3.05, 3.63) is 59.2 Å². The molecule has 0 radical (unpaired) electrons. The fourth-order valence-corrected chi connectivity index (χ4v) is 4.21. The summed E-state index contributed by atoms with van der Waals surface area (Å²) < 4.78 is 5.00. The fourth-order valence-electron chi connectivity index (χ4n) is 4.21. The van der Waals surface area contributed by atoms with E-state index in [4.69, 9.17) is 0 Å². The largest absolute Gasteiger partial charge is 0.870 e. The number of unbranched alkanes of at least 4 members (excludes halogenated alkanes) is 1. The van der Waals surface area contributed by atoms with E-state index in [1.165, 1.54) is 64.5 Å². The Hall–Kier alpha value is -1.78. The summed E-state index contributed by atoms with van der Waals surface area (Å²) in [6, 6.07) is 9.07. The number of aromatic nitrogens is 2. The molecule has 2 aromatic heterocycles. The molecule has 2 aromatic rings. The van der Waals surface area contributed by atoms with Gasteiger partial charge < -0.3 is 11.0 Å². The van der Waals surface area contributed by atoms with Gasteiger partial charge in [-0.25, -0.2) is 9.13 Å².